The second-order valence-electron chi connectivity index (χ2n) is 4.82. The van der Waals surface area contributed by atoms with Gasteiger partial charge < -0.3 is 9.52 Å². The molecule has 0 atom stereocenters. The van der Waals surface area contributed by atoms with Crippen molar-refractivity contribution in [2.24, 2.45) is 0 Å². The smallest absolute Gasteiger partial charge is 0.309 e. The van der Waals surface area contributed by atoms with E-state index in [-0.39, 0.29) is 6.42 Å². The summed E-state index contributed by atoms with van der Waals surface area (Å²) < 4.78 is 6.48. The molecule has 0 saturated carbocycles. The van der Waals surface area contributed by atoms with Crippen LogP contribution in [-0.4, -0.2) is 16.1 Å². The van der Waals surface area contributed by atoms with Gasteiger partial charge in [-0.25, -0.2) is 4.98 Å². The number of carboxylic acids is 1. The van der Waals surface area contributed by atoms with Crippen LogP contribution in [-0.2, 0) is 11.2 Å². The van der Waals surface area contributed by atoms with E-state index in [1.807, 2.05) is 26.0 Å². The lowest BCUT2D eigenvalue weighted by atomic mass is 10.2. The predicted molar refractivity (Wildman–Crippen MR) is 89.0 cm³/mol. The Balaban J connectivity index is 2.09. The Morgan fingerprint density at radius 2 is 2.09 bits per heavy atom. The number of halogens is 1. The number of oxazole rings is 1. The summed E-state index contributed by atoms with van der Waals surface area (Å²) in [5, 5.41) is 9.07. The Bertz CT molecular complexity index is 827. The molecule has 3 rings (SSSR count). The quantitative estimate of drug-likeness (QED) is 0.714. The summed E-state index contributed by atoms with van der Waals surface area (Å²) in [4.78, 5) is 18.3. The van der Waals surface area contributed by atoms with E-state index in [0.29, 0.717) is 21.7 Å². The van der Waals surface area contributed by atoms with Crippen molar-refractivity contribution in [1.82, 2.24) is 4.98 Å². The van der Waals surface area contributed by atoms with Crippen LogP contribution < -0.4 is 0 Å². The fourth-order valence-corrected chi connectivity index (χ4v) is 4.03. The number of hydrogen-bond donors (Lipinski definition) is 1. The number of rotatable bonds is 4. The number of aliphatic carboxylic acids is 1. The molecule has 3 aromatic heterocycles. The summed E-state index contributed by atoms with van der Waals surface area (Å²) in [6.07, 6.45) is -0.183. The molecule has 22 heavy (non-hydrogen) atoms. The molecule has 7 heteroatoms. The zero-order valence-corrected chi connectivity index (χ0v) is 14.2. The van der Waals surface area contributed by atoms with Crippen LogP contribution in [0.4, 0.5) is 0 Å². The third-order valence-electron chi connectivity index (χ3n) is 3.19. The standard InChI is InChI=1S/C15H12ClNO3S2/c1-7-5-11(21-8(7)2)15-17-9(6-13(18)19)14(20-15)10-3-4-12(16)22-10/h3-5H,6H2,1-2H3,(H,18,19). The van der Waals surface area contributed by atoms with E-state index < -0.39 is 5.97 Å². The van der Waals surface area contributed by atoms with Gasteiger partial charge in [0.05, 0.1) is 26.2 Å². The van der Waals surface area contributed by atoms with Gasteiger partial charge in [0, 0.05) is 4.88 Å². The van der Waals surface area contributed by atoms with Crippen molar-refractivity contribution >= 4 is 40.2 Å². The molecule has 0 aliphatic carbocycles. The van der Waals surface area contributed by atoms with Gasteiger partial charge in [0.2, 0.25) is 5.89 Å². The van der Waals surface area contributed by atoms with Crippen LogP contribution in [0.5, 0.6) is 0 Å². The average Bonchev–Trinajstić information content (AvgIpc) is 3.10. The Labute approximate surface area is 140 Å². The molecular weight excluding hydrogens is 342 g/mol. The van der Waals surface area contributed by atoms with E-state index >= 15 is 0 Å². The average molecular weight is 354 g/mol. The van der Waals surface area contributed by atoms with E-state index in [2.05, 4.69) is 4.98 Å². The van der Waals surface area contributed by atoms with Crippen molar-refractivity contribution in [2.75, 3.05) is 0 Å². The molecule has 0 saturated heterocycles. The molecule has 0 aromatic carbocycles. The molecule has 1 N–H and O–H groups in total. The lowest BCUT2D eigenvalue weighted by molar-refractivity contribution is -0.136. The topological polar surface area (TPSA) is 63.3 Å². The Morgan fingerprint density at radius 3 is 2.64 bits per heavy atom. The molecule has 3 aromatic rings. The predicted octanol–water partition coefficient (Wildman–Crippen LogP) is 5.03. The molecule has 3 heterocycles. The van der Waals surface area contributed by atoms with Crippen LogP contribution >= 0.6 is 34.3 Å². The lowest BCUT2D eigenvalue weighted by Gasteiger charge is -1.94. The maximum Gasteiger partial charge on any atom is 0.309 e. The summed E-state index contributed by atoms with van der Waals surface area (Å²) in [6, 6.07) is 5.57. The number of nitrogens with zero attached hydrogens (tertiary/aromatic N) is 1. The van der Waals surface area contributed by atoms with Gasteiger partial charge in [-0.2, -0.15) is 0 Å². The van der Waals surface area contributed by atoms with Gasteiger partial charge in [0.15, 0.2) is 5.76 Å². The van der Waals surface area contributed by atoms with Crippen LogP contribution in [0.15, 0.2) is 22.6 Å². The molecule has 114 valence electrons. The molecule has 0 amide bonds. The highest BCUT2D eigenvalue weighted by Gasteiger charge is 2.21. The van der Waals surface area contributed by atoms with Crippen LogP contribution in [0.25, 0.3) is 21.4 Å². The van der Waals surface area contributed by atoms with Crippen LogP contribution in [0.1, 0.15) is 16.1 Å². The number of carbonyl (C=O) groups is 1. The van der Waals surface area contributed by atoms with Gasteiger partial charge in [0.1, 0.15) is 0 Å². The monoisotopic (exact) mass is 353 g/mol. The minimum absolute atomic E-state index is 0.183. The Morgan fingerprint density at radius 1 is 1.32 bits per heavy atom. The zero-order valence-electron chi connectivity index (χ0n) is 11.8. The largest absolute Gasteiger partial charge is 0.481 e. The number of thiophene rings is 2. The first-order valence-corrected chi connectivity index (χ1v) is 8.49. The second kappa shape index (κ2) is 5.87. The van der Waals surface area contributed by atoms with E-state index in [1.54, 1.807) is 17.4 Å². The third kappa shape index (κ3) is 2.95. The highest BCUT2D eigenvalue weighted by molar-refractivity contribution is 7.19. The zero-order chi connectivity index (χ0) is 15.9. The molecule has 0 radical (unpaired) electrons. The minimum atomic E-state index is -0.942. The Kier molecular flexibility index (Phi) is 4.08. The van der Waals surface area contributed by atoms with E-state index in [9.17, 15) is 4.79 Å². The molecule has 0 unspecified atom stereocenters. The molecule has 0 bridgehead atoms. The van der Waals surface area contributed by atoms with Crippen molar-refractivity contribution < 1.29 is 14.3 Å². The number of carboxylic acid groups (broad SMARTS) is 1. The van der Waals surface area contributed by atoms with Gasteiger partial charge in [-0.15, -0.1) is 22.7 Å². The number of hydrogen-bond acceptors (Lipinski definition) is 5. The van der Waals surface area contributed by atoms with E-state index in [4.69, 9.17) is 21.1 Å². The fraction of sp³-hybridized carbons (Fsp3) is 0.200. The summed E-state index contributed by atoms with van der Waals surface area (Å²) in [6.45, 7) is 4.06. The minimum Gasteiger partial charge on any atom is -0.481 e. The van der Waals surface area contributed by atoms with Crippen LogP contribution in [0.2, 0.25) is 4.34 Å². The van der Waals surface area contributed by atoms with Gasteiger partial charge in [-0.05, 0) is 37.6 Å². The number of aromatic nitrogens is 1. The highest BCUT2D eigenvalue weighted by atomic mass is 35.5. The first-order chi connectivity index (χ1) is 10.4. The maximum atomic E-state index is 11.1. The molecule has 0 aliphatic heterocycles. The first-order valence-electron chi connectivity index (χ1n) is 6.48. The summed E-state index contributed by atoms with van der Waals surface area (Å²) in [5.41, 5.74) is 1.59. The van der Waals surface area contributed by atoms with Crippen molar-refractivity contribution in [2.45, 2.75) is 20.3 Å². The summed E-state index contributed by atoms with van der Waals surface area (Å²) in [5.74, 6) is -0.00253. The summed E-state index contributed by atoms with van der Waals surface area (Å²) in [7, 11) is 0. The van der Waals surface area contributed by atoms with Gasteiger partial charge >= 0.3 is 5.97 Å². The van der Waals surface area contributed by atoms with Crippen molar-refractivity contribution in [3.05, 3.63) is 38.7 Å². The van der Waals surface area contributed by atoms with E-state index in [0.717, 1.165) is 9.75 Å². The van der Waals surface area contributed by atoms with Gasteiger partial charge in [-0.1, -0.05) is 11.6 Å². The molecule has 0 aliphatic rings. The van der Waals surface area contributed by atoms with Crippen molar-refractivity contribution in [3.8, 4) is 21.4 Å². The molecule has 0 fully saturated rings. The van der Waals surface area contributed by atoms with E-state index in [1.165, 1.54) is 21.8 Å². The highest BCUT2D eigenvalue weighted by Crippen LogP contribution is 2.38. The second-order valence-corrected chi connectivity index (χ2v) is 7.79. The van der Waals surface area contributed by atoms with Gasteiger partial charge in [0.25, 0.3) is 0 Å². The lowest BCUT2D eigenvalue weighted by Crippen LogP contribution is -2.01. The van der Waals surface area contributed by atoms with Gasteiger partial charge in [-0.3, -0.25) is 4.79 Å². The number of aryl methyl sites for hydroxylation is 2. The summed E-state index contributed by atoms with van der Waals surface area (Å²) >= 11 is 8.88. The van der Waals surface area contributed by atoms with Crippen molar-refractivity contribution in [1.29, 1.82) is 0 Å². The molecule has 0 spiro atoms. The van der Waals surface area contributed by atoms with Crippen molar-refractivity contribution in [3.63, 3.8) is 0 Å². The Hall–Kier alpha value is -1.63. The molecular formula is C15H12ClNO3S2. The normalized spacial score (nSPS) is 11.0. The SMILES string of the molecule is Cc1cc(-c2nc(CC(=O)O)c(-c3ccc(Cl)s3)o2)sc1C. The fourth-order valence-electron chi connectivity index (χ4n) is 2.03. The van der Waals surface area contributed by atoms with Crippen LogP contribution in [0.3, 0.4) is 0 Å². The van der Waals surface area contributed by atoms with Crippen LogP contribution in [0, 0.1) is 13.8 Å². The third-order valence-corrected chi connectivity index (χ3v) is 5.56. The maximum absolute atomic E-state index is 11.1. The molecule has 4 nitrogen and oxygen atoms in total. The first kappa shape index (κ1) is 15.3.